The monoisotopic (exact) mass is 378 g/mol. The highest BCUT2D eigenvalue weighted by Gasteiger charge is 2.17. The highest BCUT2D eigenvalue weighted by Crippen LogP contribution is 2.27. The van der Waals surface area contributed by atoms with Crippen molar-refractivity contribution in [1.29, 1.82) is 0 Å². The fourth-order valence-corrected chi connectivity index (χ4v) is 4.07. The third-order valence-corrected chi connectivity index (χ3v) is 5.49. The van der Waals surface area contributed by atoms with E-state index in [2.05, 4.69) is 5.32 Å². The van der Waals surface area contributed by atoms with Crippen molar-refractivity contribution in [3.63, 3.8) is 0 Å². The van der Waals surface area contributed by atoms with Crippen molar-refractivity contribution in [3.05, 3.63) is 88.2 Å². The zero-order valence-electron chi connectivity index (χ0n) is 15.1. The molecule has 27 heavy (non-hydrogen) atoms. The van der Waals surface area contributed by atoms with Crippen molar-refractivity contribution in [1.82, 2.24) is 4.57 Å². The van der Waals surface area contributed by atoms with Gasteiger partial charge in [-0.3, -0.25) is 4.79 Å². The molecule has 1 N–H and O–H groups in total. The summed E-state index contributed by atoms with van der Waals surface area (Å²) in [6, 6.07) is 16.3. The van der Waals surface area contributed by atoms with Gasteiger partial charge in [0.1, 0.15) is 11.5 Å². The second kappa shape index (κ2) is 7.00. The van der Waals surface area contributed by atoms with E-state index >= 15 is 0 Å². The fraction of sp³-hybridized carbons (Fsp3) is 0.136. The molecule has 1 amide bonds. The first-order valence-electron chi connectivity index (χ1n) is 8.71. The van der Waals surface area contributed by atoms with Gasteiger partial charge in [0.25, 0.3) is 5.91 Å². The summed E-state index contributed by atoms with van der Waals surface area (Å²) in [6.07, 6.45) is 0. The molecule has 0 aliphatic carbocycles. The van der Waals surface area contributed by atoms with Gasteiger partial charge in [-0.25, -0.2) is 4.39 Å². The predicted octanol–water partition coefficient (Wildman–Crippen LogP) is 5.76. The Morgan fingerprint density at radius 1 is 1.07 bits per heavy atom. The van der Waals surface area contributed by atoms with Gasteiger partial charge in [-0.15, -0.1) is 11.3 Å². The number of hydrogen-bond donors (Lipinski definition) is 1. The summed E-state index contributed by atoms with van der Waals surface area (Å²) in [5.74, 6) is -0.410. The lowest BCUT2D eigenvalue weighted by Gasteiger charge is -2.13. The van der Waals surface area contributed by atoms with Crippen LogP contribution in [0.4, 0.5) is 10.1 Å². The van der Waals surface area contributed by atoms with E-state index in [1.807, 2.05) is 54.1 Å². The van der Waals surface area contributed by atoms with Crippen LogP contribution < -0.4 is 5.32 Å². The number of aryl methyl sites for hydroxylation is 2. The predicted molar refractivity (Wildman–Crippen MR) is 109 cm³/mol. The zero-order valence-corrected chi connectivity index (χ0v) is 15.9. The number of nitrogens with zero attached hydrogens (tertiary/aromatic N) is 1. The number of thiophene rings is 1. The summed E-state index contributed by atoms with van der Waals surface area (Å²) in [7, 11) is 0. The number of hydrogen-bond acceptors (Lipinski definition) is 2. The lowest BCUT2D eigenvalue weighted by atomic mass is 10.1. The molecule has 4 rings (SSSR count). The average Bonchev–Trinajstić information content (AvgIpc) is 3.22. The van der Waals surface area contributed by atoms with Crippen LogP contribution in [0.3, 0.4) is 0 Å². The standard InChI is InChI=1S/C22H19FN2OS/c1-14-3-8-18(15(2)11-14)24-22(26)20-12-21-19(9-10-27-21)25(20)13-16-4-6-17(23)7-5-16/h3-12H,13H2,1-2H3,(H,24,26). The molecule has 0 atom stereocenters. The van der Waals surface area contributed by atoms with E-state index in [1.54, 1.807) is 23.5 Å². The SMILES string of the molecule is Cc1ccc(NC(=O)c2cc3sccc3n2Cc2ccc(F)cc2)c(C)c1. The molecule has 136 valence electrons. The number of carbonyl (C=O) groups is 1. The molecule has 0 spiro atoms. The van der Waals surface area contributed by atoms with Crippen molar-refractivity contribution in [2.75, 3.05) is 5.32 Å². The molecule has 0 radical (unpaired) electrons. The number of amides is 1. The molecule has 0 fully saturated rings. The number of benzene rings is 2. The molecule has 0 unspecified atom stereocenters. The van der Waals surface area contributed by atoms with Crippen molar-refractivity contribution >= 4 is 33.1 Å². The van der Waals surface area contributed by atoms with Crippen molar-refractivity contribution < 1.29 is 9.18 Å². The molecule has 0 saturated carbocycles. The first kappa shape index (κ1) is 17.5. The smallest absolute Gasteiger partial charge is 0.272 e. The zero-order chi connectivity index (χ0) is 19.0. The summed E-state index contributed by atoms with van der Waals surface area (Å²) in [4.78, 5) is 13.0. The molecule has 4 aromatic rings. The Hall–Kier alpha value is -2.92. The van der Waals surface area contributed by atoms with Gasteiger partial charge in [-0.2, -0.15) is 0 Å². The molecule has 2 aromatic heterocycles. The van der Waals surface area contributed by atoms with E-state index in [1.165, 1.54) is 12.1 Å². The topological polar surface area (TPSA) is 34.0 Å². The summed E-state index contributed by atoms with van der Waals surface area (Å²) in [5, 5.41) is 5.04. The van der Waals surface area contributed by atoms with Gasteiger partial charge in [0.2, 0.25) is 0 Å². The number of rotatable bonds is 4. The molecule has 0 bridgehead atoms. The second-order valence-corrected chi connectivity index (χ2v) is 7.63. The normalized spacial score (nSPS) is 11.1. The van der Waals surface area contributed by atoms with E-state index < -0.39 is 0 Å². The van der Waals surface area contributed by atoms with Crippen LogP contribution in [0.2, 0.25) is 0 Å². The maximum atomic E-state index is 13.2. The van der Waals surface area contributed by atoms with Gasteiger partial charge in [0.15, 0.2) is 0 Å². The van der Waals surface area contributed by atoms with Gasteiger partial charge in [0.05, 0.1) is 10.2 Å². The highest BCUT2D eigenvalue weighted by molar-refractivity contribution is 7.17. The number of fused-ring (bicyclic) bond motifs is 1. The van der Waals surface area contributed by atoms with Gasteiger partial charge < -0.3 is 9.88 Å². The molecular formula is C22H19FN2OS. The highest BCUT2D eigenvalue weighted by atomic mass is 32.1. The van der Waals surface area contributed by atoms with Gasteiger partial charge in [0, 0.05) is 12.2 Å². The van der Waals surface area contributed by atoms with Crippen LogP contribution in [0.25, 0.3) is 10.2 Å². The van der Waals surface area contributed by atoms with Crippen LogP contribution in [0.1, 0.15) is 27.2 Å². The van der Waals surface area contributed by atoms with Gasteiger partial charge in [-0.1, -0.05) is 29.8 Å². The summed E-state index contributed by atoms with van der Waals surface area (Å²) in [6.45, 7) is 4.52. The van der Waals surface area contributed by atoms with Crippen LogP contribution in [-0.2, 0) is 6.54 Å². The van der Waals surface area contributed by atoms with E-state index in [0.29, 0.717) is 12.2 Å². The fourth-order valence-electron chi connectivity index (χ4n) is 3.25. The Labute approximate surface area is 161 Å². The molecule has 0 saturated heterocycles. The second-order valence-electron chi connectivity index (χ2n) is 6.68. The largest absolute Gasteiger partial charge is 0.331 e. The Morgan fingerprint density at radius 2 is 1.85 bits per heavy atom. The van der Waals surface area contributed by atoms with Crippen LogP contribution >= 0.6 is 11.3 Å². The Balaban J connectivity index is 1.69. The summed E-state index contributed by atoms with van der Waals surface area (Å²) >= 11 is 1.60. The Kier molecular flexibility index (Phi) is 4.54. The first-order valence-corrected chi connectivity index (χ1v) is 9.59. The minimum absolute atomic E-state index is 0.146. The minimum Gasteiger partial charge on any atom is -0.331 e. The van der Waals surface area contributed by atoms with Crippen molar-refractivity contribution in [3.8, 4) is 0 Å². The van der Waals surface area contributed by atoms with Gasteiger partial charge in [-0.05, 0) is 60.7 Å². The Bertz CT molecular complexity index is 1130. The number of halogens is 1. The van der Waals surface area contributed by atoms with Crippen LogP contribution in [0.5, 0.6) is 0 Å². The first-order chi connectivity index (χ1) is 13.0. The molecule has 0 aliphatic heterocycles. The molecule has 3 nitrogen and oxygen atoms in total. The number of nitrogens with one attached hydrogen (secondary N) is 1. The average molecular weight is 378 g/mol. The maximum absolute atomic E-state index is 13.2. The van der Waals surface area contributed by atoms with Crippen LogP contribution in [0.15, 0.2) is 60.0 Å². The molecule has 0 aliphatic rings. The maximum Gasteiger partial charge on any atom is 0.272 e. The van der Waals surface area contributed by atoms with E-state index in [0.717, 1.165) is 32.6 Å². The third-order valence-electron chi connectivity index (χ3n) is 4.64. The molecule has 5 heteroatoms. The van der Waals surface area contributed by atoms with Crippen molar-refractivity contribution in [2.45, 2.75) is 20.4 Å². The molecule has 2 aromatic carbocycles. The lowest BCUT2D eigenvalue weighted by molar-refractivity contribution is 0.101. The van der Waals surface area contributed by atoms with E-state index in [4.69, 9.17) is 0 Å². The van der Waals surface area contributed by atoms with Crippen LogP contribution in [-0.4, -0.2) is 10.5 Å². The van der Waals surface area contributed by atoms with Crippen LogP contribution in [0, 0.1) is 19.7 Å². The quantitative estimate of drug-likeness (QED) is 0.481. The van der Waals surface area contributed by atoms with E-state index in [9.17, 15) is 9.18 Å². The number of anilines is 1. The Morgan fingerprint density at radius 3 is 2.59 bits per heavy atom. The third kappa shape index (κ3) is 3.51. The van der Waals surface area contributed by atoms with E-state index in [-0.39, 0.29) is 11.7 Å². The molecule has 2 heterocycles. The molecular weight excluding hydrogens is 359 g/mol. The number of carbonyl (C=O) groups excluding carboxylic acids is 1. The van der Waals surface area contributed by atoms with Gasteiger partial charge >= 0.3 is 0 Å². The summed E-state index contributed by atoms with van der Waals surface area (Å²) < 4.78 is 16.3. The number of aromatic nitrogens is 1. The minimum atomic E-state index is -0.264. The van der Waals surface area contributed by atoms with Crippen molar-refractivity contribution in [2.24, 2.45) is 0 Å². The lowest BCUT2D eigenvalue weighted by Crippen LogP contribution is -2.18. The summed E-state index contributed by atoms with van der Waals surface area (Å²) in [5.41, 5.74) is 5.55.